The van der Waals surface area contributed by atoms with Crippen LogP contribution in [0.4, 0.5) is 5.82 Å². The molecule has 0 aliphatic rings. The van der Waals surface area contributed by atoms with E-state index in [4.69, 9.17) is 4.74 Å². The predicted octanol–water partition coefficient (Wildman–Crippen LogP) is 1.87. The maximum Gasteiger partial charge on any atom is 0.341 e. The van der Waals surface area contributed by atoms with Crippen molar-refractivity contribution >= 4 is 11.8 Å². The highest BCUT2D eigenvalue weighted by Crippen LogP contribution is 2.16. The molecule has 0 radical (unpaired) electrons. The lowest BCUT2D eigenvalue weighted by molar-refractivity contribution is 0.0601. The minimum atomic E-state index is -0.372. The Morgan fingerprint density at radius 3 is 2.68 bits per heavy atom. The molecule has 1 heterocycles. The Morgan fingerprint density at radius 1 is 1.47 bits per heavy atom. The number of carbonyl (C=O) groups is 1. The summed E-state index contributed by atoms with van der Waals surface area (Å²) in [4.78, 5) is 18.1. The fraction of sp³-hybridized carbons (Fsp3) is 0.571. The quantitative estimate of drug-likeness (QED) is 0.796. The van der Waals surface area contributed by atoms with Gasteiger partial charge in [-0.05, 0) is 32.1 Å². The van der Waals surface area contributed by atoms with Gasteiger partial charge in [-0.25, -0.2) is 9.78 Å². The zero-order valence-electron chi connectivity index (χ0n) is 12.3. The van der Waals surface area contributed by atoms with Crippen molar-refractivity contribution in [3.05, 3.63) is 23.9 Å². The molecule has 1 N–H and O–H groups in total. The lowest BCUT2D eigenvalue weighted by atomic mass is 10.0. The van der Waals surface area contributed by atoms with E-state index in [0.717, 1.165) is 6.54 Å². The first-order valence-corrected chi connectivity index (χ1v) is 6.40. The summed E-state index contributed by atoms with van der Waals surface area (Å²) in [6.45, 7) is 5.15. The molecule has 0 aromatic carbocycles. The molecule has 1 rings (SSSR count). The molecule has 0 amide bonds. The molecular formula is C14H23N3O2. The third-order valence-electron chi connectivity index (χ3n) is 2.90. The number of rotatable bonds is 6. The molecule has 1 unspecified atom stereocenters. The second-order valence-electron chi connectivity index (χ2n) is 5.15. The predicted molar refractivity (Wildman–Crippen MR) is 76.4 cm³/mol. The highest BCUT2D eigenvalue weighted by Gasteiger charge is 2.19. The Labute approximate surface area is 115 Å². The van der Waals surface area contributed by atoms with Crippen molar-refractivity contribution in [3.63, 3.8) is 0 Å². The number of anilines is 1. The third-order valence-corrected chi connectivity index (χ3v) is 2.90. The minimum Gasteiger partial charge on any atom is -0.465 e. The maximum absolute atomic E-state index is 11.7. The van der Waals surface area contributed by atoms with Crippen LogP contribution in [0.25, 0.3) is 0 Å². The van der Waals surface area contributed by atoms with Gasteiger partial charge in [0, 0.05) is 18.8 Å². The number of carbonyl (C=O) groups excluding carboxylic acids is 1. The zero-order valence-corrected chi connectivity index (χ0v) is 12.3. The fourth-order valence-electron chi connectivity index (χ4n) is 1.79. The molecule has 5 nitrogen and oxygen atoms in total. The van der Waals surface area contributed by atoms with Gasteiger partial charge in [0.05, 0.1) is 7.11 Å². The number of nitrogens with zero attached hydrogens (tertiary/aromatic N) is 2. The van der Waals surface area contributed by atoms with E-state index in [1.165, 1.54) is 7.11 Å². The normalized spacial score (nSPS) is 12.6. The van der Waals surface area contributed by atoms with Crippen LogP contribution in [0, 0.1) is 5.92 Å². The number of methoxy groups -OCH3 is 1. The summed E-state index contributed by atoms with van der Waals surface area (Å²) in [5.74, 6) is 0.632. The molecule has 1 atom stereocenters. The molecule has 0 spiro atoms. The number of nitrogens with one attached hydrogen (secondary N) is 1. The average molecular weight is 265 g/mol. The van der Waals surface area contributed by atoms with Crippen LogP contribution in [0.1, 0.15) is 24.2 Å². The fourth-order valence-corrected chi connectivity index (χ4v) is 1.79. The SMILES string of the molecule is COC(=O)c1cccnc1NC(CN(C)C)C(C)C. The van der Waals surface area contributed by atoms with Crippen LogP contribution in [0.3, 0.4) is 0 Å². The Hall–Kier alpha value is -1.62. The van der Waals surface area contributed by atoms with Crippen molar-refractivity contribution in [1.29, 1.82) is 0 Å². The Bertz CT molecular complexity index is 419. The summed E-state index contributed by atoms with van der Waals surface area (Å²) < 4.78 is 4.77. The first-order chi connectivity index (χ1) is 8.95. The molecule has 0 aliphatic carbocycles. The smallest absolute Gasteiger partial charge is 0.341 e. The number of aromatic nitrogens is 1. The monoisotopic (exact) mass is 265 g/mol. The van der Waals surface area contributed by atoms with Crippen molar-refractivity contribution in [1.82, 2.24) is 9.88 Å². The van der Waals surface area contributed by atoms with Gasteiger partial charge >= 0.3 is 5.97 Å². The molecule has 19 heavy (non-hydrogen) atoms. The van der Waals surface area contributed by atoms with E-state index >= 15 is 0 Å². The van der Waals surface area contributed by atoms with Crippen LogP contribution in [0.15, 0.2) is 18.3 Å². The molecule has 0 bridgehead atoms. The van der Waals surface area contributed by atoms with Gasteiger partial charge in [0.1, 0.15) is 11.4 Å². The van der Waals surface area contributed by atoms with Crippen LogP contribution in [0.2, 0.25) is 0 Å². The van der Waals surface area contributed by atoms with Gasteiger partial charge in [-0.2, -0.15) is 0 Å². The van der Waals surface area contributed by atoms with E-state index in [1.807, 2.05) is 14.1 Å². The van der Waals surface area contributed by atoms with Crippen LogP contribution >= 0.6 is 0 Å². The lowest BCUT2D eigenvalue weighted by Gasteiger charge is -2.26. The number of ether oxygens (including phenoxy) is 1. The summed E-state index contributed by atoms with van der Waals surface area (Å²) in [5.41, 5.74) is 0.467. The molecule has 1 aromatic heterocycles. The molecule has 0 aliphatic heterocycles. The molecule has 0 saturated carbocycles. The number of pyridine rings is 1. The molecule has 106 valence electrons. The zero-order chi connectivity index (χ0) is 14.4. The summed E-state index contributed by atoms with van der Waals surface area (Å²) >= 11 is 0. The van der Waals surface area contributed by atoms with Crippen molar-refractivity contribution in [2.24, 2.45) is 5.92 Å². The van der Waals surface area contributed by atoms with Gasteiger partial charge in [-0.15, -0.1) is 0 Å². The minimum absolute atomic E-state index is 0.216. The van der Waals surface area contributed by atoms with Crippen LogP contribution < -0.4 is 5.32 Å². The highest BCUT2D eigenvalue weighted by atomic mass is 16.5. The molecule has 1 aromatic rings. The molecule has 0 fully saturated rings. The number of likely N-dealkylation sites (N-methyl/N-ethyl adjacent to an activating group) is 1. The Morgan fingerprint density at radius 2 is 2.16 bits per heavy atom. The lowest BCUT2D eigenvalue weighted by Crippen LogP contribution is -2.37. The van der Waals surface area contributed by atoms with Crippen molar-refractivity contribution < 1.29 is 9.53 Å². The third kappa shape index (κ3) is 4.52. The molecule has 0 saturated heterocycles. The average Bonchev–Trinajstić information content (AvgIpc) is 2.37. The van der Waals surface area contributed by atoms with Gasteiger partial charge in [0.2, 0.25) is 0 Å². The second-order valence-corrected chi connectivity index (χ2v) is 5.15. The van der Waals surface area contributed by atoms with E-state index < -0.39 is 0 Å². The van der Waals surface area contributed by atoms with E-state index in [0.29, 0.717) is 17.3 Å². The molecule has 5 heteroatoms. The highest BCUT2D eigenvalue weighted by molar-refractivity contribution is 5.94. The summed E-state index contributed by atoms with van der Waals surface area (Å²) in [7, 11) is 5.42. The van der Waals surface area contributed by atoms with Crippen LogP contribution in [-0.4, -0.2) is 49.6 Å². The van der Waals surface area contributed by atoms with Gasteiger partial charge in [-0.1, -0.05) is 13.8 Å². The summed E-state index contributed by atoms with van der Waals surface area (Å²) in [5, 5.41) is 3.34. The first kappa shape index (κ1) is 15.4. The van der Waals surface area contributed by atoms with Crippen molar-refractivity contribution in [3.8, 4) is 0 Å². The largest absolute Gasteiger partial charge is 0.465 e. The van der Waals surface area contributed by atoms with Gasteiger partial charge in [0.15, 0.2) is 0 Å². The van der Waals surface area contributed by atoms with Gasteiger partial charge in [-0.3, -0.25) is 0 Å². The van der Waals surface area contributed by atoms with E-state index in [1.54, 1.807) is 18.3 Å². The number of hydrogen-bond acceptors (Lipinski definition) is 5. The van der Waals surface area contributed by atoms with E-state index in [2.05, 4.69) is 29.0 Å². The van der Waals surface area contributed by atoms with Gasteiger partial charge in [0.25, 0.3) is 0 Å². The van der Waals surface area contributed by atoms with Crippen molar-refractivity contribution in [2.75, 3.05) is 33.1 Å². The van der Waals surface area contributed by atoms with Crippen LogP contribution in [-0.2, 0) is 4.74 Å². The number of esters is 1. The van der Waals surface area contributed by atoms with E-state index in [9.17, 15) is 4.79 Å². The topological polar surface area (TPSA) is 54.5 Å². The number of hydrogen-bond donors (Lipinski definition) is 1. The Kier molecular flexibility index (Phi) is 5.76. The second kappa shape index (κ2) is 7.09. The first-order valence-electron chi connectivity index (χ1n) is 6.40. The van der Waals surface area contributed by atoms with Crippen molar-refractivity contribution in [2.45, 2.75) is 19.9 Å². The van der Waals surface area contributed by atoms with Gasteiger partial charge < -0.3 is 15.0 Å². The van der Waals surface area contributed by atoms with E-state index in [-0.39, 0.29) is 12.0 Å². The summed E-state index contributed by atoms with van der Waals surface area (Å²) in [6, 6.07) is 3.66. The van der Waals surface area contributed by atoms with Crippen LogP contribution in [0.5, 0.6) is 0 Å². The Balaban J connectivity index is 2.93. The standard InChI is InChI=1S/C14H23N3O2/c1-10(2)12(9-17(3)4)16-13-11(14(18)19-5)7-6-8-15-13/h6-8,10,12H,9H2,1-5H3,(H,15,16). The summed E-state index contributed by atoms with van der Waals surface area (Å²) in [6.07, 6.45) is 1.67. The maximum atomic E-state index is 11.7. The molecular weight excluding hydrogens is 242 g/mol.